The summed E-state index contributed by atoms with van der Waals surface area (Å²) in [6.07, 6.45) is 4.93. The Morgan fingerprint density at radius 3 is 2.24 bits per heavy atom. The molecule has 1 aliphatic carbocycles. The molecule has 1 aliphatic rings. The van der Waals surface area contributed by atoms with Crippen molar-refractivity contribution in [2.75, 3.05) is 6.54 Å². The number of nitrogens with one attached hydrogen (secondary N) is 3. The van der Waals surface area contributed by atoms with Gasteiger partial charge in [0.15, 0.2) is 5.96 Å². The van der Waals surface area contributed by atoms with Crippen LogP contribution in [0.25, 0.3) is 0 Å². The van der Waals surface area contributed by atoms with Gasteiger partial charge in [0.25, 0.3) is 0 Å². The largest absolute Gasteiger partial charge is 0.357 e. The van der Waals surface area contributed by atoms with Gasteiger partial charge in [-0.3, -0.25) is 0 Å². The second-order valence-electron chi connectivity index (χ2n) is 8.14. The van der Waals surface area contributed by atoms with Crippen LogP contribution in [0.1, 0.15) is 64.5 Å². The van der Waals surface area contributed by atoms with Crippen molar-refractivity contribution in [1.29, 1.82) is 0 Å². The first-order chi connectivity index (χ1) is 13.3. The summed E-state index contributed by atoms with van der Waals surface area (Å²) in [5.41, 5.74) is 1.84. The summed E-state index contributed by atoms with van der Waals surface area (Å²) in [5.74, 6) is 1.68. The van der Waals surface area contributed by atoms with E-state index in [0.29, 0.717) is 12.6 Å². The lowest BCUT2D eigenvalue weighted by Gasteiger charge is -2.28. The molecular formula is C21H37IN4O2S. The third-order valence-electron chi connectivity index (χ3n) is 4.92. The van der Waals surface area contributed by atoms with Gasteiger partial charge in [0.05, 0.1) is 12.3 Å². The zero-order valence-electron chi connectivity index (χ0n) is 18.1. The molecule has 2 rings (SSSR count). The zero-order chi connectivity index (χ0) is 20.6. The van der Waals surface area contributed by atoms with Crippen LogP contribution in [0.3, 0.4) is 0 Å². The minimum Gasteiger partial charge on any atom is -0.357 e. The molecule has 6 nitrogen and oxygen atoms in total. The van der Waals surface area contributed by atoms with E-state index in [4.69, 9.17) is 4.99 Å². The molecule has 1 aromatic rings. The maximum atomic E-state index is 12.0. The lowest BCUT2D eigenvalue weighted by molar-refractivity contribution is 0.329. The number of guanidine groups is 1. The third-order valence-corrected chi connectivity index (χ3v) is 6.46. The Bertz CT molecular complexity index is 728. The van der Waals surface area contributed by atoms with Gasteiger partial charge in [-0.15, -0.1) is 24.0 Å². The molecule has 0 spiro atoms. The Morgan fingerprint density at radius 1 is 1.10 bits per heavy atom. The van der Waals surface area contributed by atoms with Gasteiger partial charge >= 0.3 is 0 Å². The molecule has 166 valence electrons. The van der Waals surface area contributed by atoms with Gasteiger partial charge in [0.1, 0.15) is 0 Å². The molecule has 0 radical (unpaired) electrons. The summed E-state index contributed by atoms with van der Waals surface area (Å²) in [6.45, 7) is 9.43. The van der Waals surface area contributed by atoms with E-state index in [1.165, 1.54) is 25.7 Å². The summed E-state index contributed by atoms with van der Waals surface area (Å²) >= 11 is 0. The minimum atomic E-state index is -3.30. The molecule has 8 heteroatoms. The van der Waals surface area contributed by atoms with E-state index < -0.39 is 10.0 Å². The number of hydrogen-bond acceptors (Lipinski definition) is 3. The van der Waals surface area contributed by atoms with E-state index in [9.17, 15) is 8.42 Å². The molecule has 1 aromatic carbocycles. The monoisotopic (exact) mass is 536 g/mol. The molecule has 0 heterocycles. The standard InChI is InChI=1S/C21H36N4O2S.HI/c1-5-22-21(24-20-12-6-17(4)7-13-20)23-14-18-8-10-19(11-9-18)15-28(26,27)25-16(2)3;/h8-11,16-17,20,25H,5-7,12-15H2,1-4H3,(H2,22,23,24);1H. The van der Waals surface area contributed by atoms with Crippen LogP contribution < -0.4 is 15.4 Å². The highest BCUT2D eigenvalue weighted by molar-refractivity contribution is 14.0. The van der Waals surface area contributed by atoms with Gasteiger partial charge in [-0.2, -0.15) is 0 Å². The first-order valence-corrected chi connectivity index (χ1v) is 12.0. The number of nitrogens with zero attached hydrogens (tertiary/aromatic N) is 1. The molecule has 29 heavy (non-hydrogen) atoms. The summed E-state index contributed by atoms with van der Waals surface area (Å²) < 4.78 is 26.7. The summed E-state index contributed by atoms with van der Waals surface area (Å²) in [4.78, 5) is 4.70. The summed E-state index contributed by atoms with van der Waals surface area (Å²) in [7, 11) is -3.30. The Labute approximate surface area is 193 Å². The molecule has 0 amide bonds. The highest BCUT2D eigenvalue weighted by atomic mass is 127. The van der Waals surface area contributed by atoms with Gasteiger partial charge in [-0.1, -0.05) is 31.2 Å². The number of benzene rings is 1. The normalized spacial score (nSPS) is 20.2. The predicted octanol–water partition coefficient (Wildman–Crippen LogP) is 3.77. The second-order valence-corrected chi connectivity index (χ2v) is 9.90. The fourth-order valence-electron chi connectivity index (χ4n) is 3.45. The van der Waals surface area contributed by atoms with Crippen molar-refractivity contribution in [3.63, 3.8) is 0 Å². The zero-order valence-corrected chi connectivity index (χ0v) is 21.2. The van der Waals surface area contributed by atoms with Crippen molar-refractivity contribution in [2.24, 2.45) is 10.9 Å². The topological polar surface area (TPSA) is 82.6 Å². The van der Waals surface area contributed by atoms with Crippen molar-refractivity contribution in [3.05, 3.63) is 35.4 Å². The SMILES string of the molecule is CCNC(=NCc1ccc(CS(=O)(=O)NC(C)C)cc1)NC1CCC(C)CC1.I. The Kier molecular flexibility index (Phi) is 11.5. The van der Waals surface area contributed by atoms with Crippen LogP contribution in [-0.4, -0.2) is 33.0 Å². The van der Waals surface area contributed by atoms with Crippen LogP contribution in [0.2, 0.25) is 0 Å². The number of aliphatic imine (C=N–C) groups is 1. The van der Waals surface area contributed by atoms with Crippen LogP contribution in [-0.2, 0) is 22.3 Å². The average molecular weight is 537 g/mol. The molecule has 3 N–H and O–H groups in total. The van der Waals surface area contributed by atoms with Gasteiger partial charge in [-0.05, 0) is 63.5 Å². The highest BCUT2D eigenvalue weighted by Crippen LogP contribution is 2.23. The predicted molar refractivity (Wildman–Crippen MR) is 132 cm³/mol. The fourth-order valence-corrected chi connectivity index (χ4v) is 4.88. The molecule has 0 aromatic heterocycles. The molecular weight excluding hydrogens is 499 g/mol. The molecule has 0 bridgehead atoms. The van der Waals surface area contributed by atoms with E-state index in [0.717, 1.165) is 29.5 Å². The van der Waals surface area contributed by atoms with E-state index in [2.05, 4.69) is 29.2 Å². The van der Waals surface area contributed by atoms with Gasteiger partial charge in [-0.25, -0.2) is 18.1 Å². The number of hydrogen-bond donors (Lipinski definition) is 3. The smallest absolute Gasteiger partial charge is 0.216 e. The molecule has 1 saturated carbocycles. The maximum absolute atomic E-state index is 12.0. The van der Waals surface area contributed by atoms with E-state index in [1.54, 1.807) is 0 Å². The van der Waals surface area contributed by atoms with Crippen molar-refractivity contribution < 1.29 is 8.42 Å². The Hall–Kier alpha value is -0.870. The fraction of sp³-hybridized carbons (Fsp3) is 0.667. The van der Waals surface area contributed by atoms with Crippen molar-refractivity contribution >= 4 is 40.0 Å². The van der Waals surface area contributed by atoms with Crippen molar-refractivity contribution in [1.82, 2.24) is 15.4 Å². The number of rotatable bonds is 8. The lowest BCUT2D eigenvalue weighted by atomic mass is 9.87. The van der Waals surface area contributed by atoms with E-state index >= 15 is 0 Å². The quantitative estimate of drug-likeness (QED) is 0.269. The first kappa shape index (κ1) is 26.2. The minimum absolute atomic E-state index is 0. The maximum Gasteiger partial charge on any atom is 0.216 e. The van der Waals surface area contributed by atoms with Crippen molar-refractivity contribution in [2.45, 2.75) is 77.8 Å². The van der Waals surface area contributed by atoms with Crippen LogP contribution >= 0.6 is 24.0 Å². The van der Waals surface area contributed by atoms with E-state index in [-0.39, 0.29) is 35.8 Å². The molecule has 0 aliphatic heterocycles. The Balaban J connectivity index is 0.00000420. The van der Waals surface area contributed by atoms with Crippen LogP contribution in [0.4, 0.5) is 0 Å². The average Bonchev–Trinajstić information content (AvgIpc) is 2.61. The van der Waals surface area contributed by atoms with Gasteiger partial charge in [0.2, 0.25) is 10.0 Å². The molecule has 0 unspecified atom stereocenters. The van der Waals surface area contributed by atoms with Gasteiger partial charge < -0.3 is 10.6 Å². The highest BCUT2D eigenvalue weighted by Gasteiger charge is 2.18. The summed E-state index contributed by atoms with van der Waals surface area (Å²) in [6, 6.07) is 8.05. The third kappa shape index (κ3) is 10.1. The van der Waals surface area contributed by atoms with Crippen LogP contribution in [0.5, 0.6) is 0 Å². The van der Waals surface area contributed by atoms with E-state index in [1.807, 2.05) is 38.1 Å². The second kappa shape index (κ2) is 12.7. The van der Waals surface area contributed by atoms with Gasteiger partial charge in [0, 0.05) is 18.6 Å². The number of sulfonamides is 1. The first-order valence-electron chi connectivity index (χ1n) is 10.4. The molecule has 1 fully saturated rings. The summed E-state index contributed by atoms with van der Waals surface area (Å²) in [5, 5.41) is 6.88. The van der Waals surface area contributed by atoms with Crippen LogP contribution in [0.15, 0.2) is 29.3 Å². The lowest BCUT2D eigenvalue weighted by Crippen LogP contribution is -2.44. The Morgan fingerprint density at radius 2 is 1.69 bits per heavy atom. The van der Waals surface area contributed by atoms with Crippen molar-refractivity contribution in [3.8, 4) is 0 Å². The van der Waals surface area contributed by atoms with Crippen LogP contribution in [0, 0.1) is 5.92 Å². The molecule has 0 atom stereocenters. The number of halogens is 1. The molecule has 0 saturated heterocycles.